The quantitative estimate of drug-likeness (QED) is 0.241. The summed E-state index contributed by atoms with van der Waals surface area (Å²) in [6, 6.07) is 14.1. The van der Waals surface area contributed by atoms with Crippen molar-refractivity contribution in [3.05, 3.63) is 81.9 Å². The molecule has 9 heteroatoms. The van der Waals surface area contributed by atoms with Gasteiger partial charge >= 0.3 is 5.97 Å². The minimum atomic E-state index is -0.945. The Bertz CT molecular complexity index is 1300. The minimum Gasteiger partial charge on any atom is -0.481 e. The first-order valence-electron chi connectivity index (χ1n) is 12.8. The molecule has 4 rings (SSSR count). The number of halogens is 1. The van der Waals surface area contributed by atoms with Crippen LogP contribution in [-0.2, 0) is 22.4 Å². The number of aliphatic carboxylic acids is 1. The van der Waals surface area contributed by atoms with Crippen LogP contribution in [0.5, 0.6) is 0 Å². The SMILES string of the molecule is CC(=O)Nc1ccc(C(=O)Nc2ccc(Cc3nc(Cl)c(CC(=O)O)c(C4CCCCCC4)n3)cc2)cc1. The molecule has 1 aliphatic carbocycles. The molecule has 0 saturated heterocycles. The molecule has 1 saturated carbocycles. The normalized spacial score (nSPS) is 13.9. The summed E-state index contributed by atoms with van der Waals surface area (Å²) in [5, 5.41) is 15.2. The molecule has 1 fully saturated rings. The average molecular weight is 535 g/mol. The van der Waals surface area contributed by atoms with Gasteiger partial charge in [0.1, 0.15) is 11.0 Å². The number of anilines is 2. The van der Waals surface area contributed by atoms with E-state index in [1.807, 2.05) is 24.3 Å². The second-order valence-corrected chi connectivity index (χ2v) is 10.00. The van der Waals surface area contributed by atoms with Crippen LogP contribution in [0.1, 0.15) is 84.4 Å². The Morgan fingerprint density at radius 3 is 2.11 bits per heavy atom. The van der Waals surface area contributed by atoms with Crippen molar-refractivity contribution in [3.8, 4) is 0 Å². The molecule has 0 radical (unpaired) electrons. The summed E-state index contributed by atoms with van der Waals surface area (Å²) in [4.78, 5) is 44.5. The van der Waals surface area contributed by atoms with E-state index < -0.39 is 5.97 Å². The Labute approximate surface area is 226 Å². The summed E-state index contributed by atoms with van der Waals surface area (Å²) in [5.74, 6) is -0.633. The van der Waals surface area contributed by atoms with Crippen molar-refractivity contribution in [1.82, 2.24) is 9.97 Å². The van der Waals surface area contributed by atoms with Crippen molar-refractivity contribution < 1.29 is 19.5 Å². The van der Waals surface area contributed by atoms with Gasteiger partial charge in [-0.2, -0.15) is 0 Å². The maximum absolute atomic E-state index is 12.6. The van der Waals surface area contributed by atoms with Gasteiger partial charge in [0.15, 0.2) is 0 Å². The molecular formula is C29H31ClN4O4. The number of carbonyl (C=O) groups excluding carboxylic acids is 2. The first-order chi connectivity index (χ1) is 18.3. The van der Waals surface area contributed by atoms with Gasteiger partial charge in [0.2, 0.25) is 5.91 Å². The Balaban J connectivity index is 1.47. The van der Waals surface area contributed by atoms with Crippen molar-refractivity contribution in [3.63, 3.8) is 0 Å². The third kappa shape index (κ3) is 7.38. The molecule has 3 aromatic rings. The predicted octanol–water partition coefficient (Wildman–Crippen LogP) is 6.00. The topological polar surface area (TPSA) is 121 Å². The smallest absolute Gasteiger partial charge is 0.308 e. The molecule has 8 nitrogen and oxygen atoms in total. The van der Waals surface area contributed by atoms with Crippen LogP contribution in [0, 0.1) is 0 Å². The zero-order valence-electron chi connectivity index (χ0n) is 21.3. The summed E-state index contributed by atoms with van der Waals surface area (Å²) in [5.41, 5.74) is 3.98. The highest BCUT2D eigenvalue weighted by Gasteiger charge is 2.24. The van der Waals surface area contributed by atoms with E-state index in [0.717, 1.165) is 36.9 Å². The fourth-order valence-electron chi connectivity index (χ4n) is 4.80. The van der Waals surface area contributed by atoms with Crippen molar-refractivity contribution in [2.45, 2.75) is 64.2 Å². The molecule has 38 heavy (non-hydrogen) atoms. The number of aromatic nitrogens is 2. The molecule has 1 heterocycles. The van der Waals surface area contributed by atoms with Crippen LogP contribution >= 0.6 is 11.6 Å². The van der Waals surface area contributed by atoms with E-state index in [2.05, 4.69) is 15.6 Å². The average Bonchev–Trinajstić information content (AvgIpc) is 3.16. The Morgan fingerprint density at radius 1 is 0.895 bits per heavy atom. The second-order valence-electron chi connectivity index (χ2n) is 9.64. The standard InChI is InChI=1S/C29H31ClN4O4/c1-18(35)31-22-14-10-21(11-15-22)29(38)32-23-12-8-19(9-13-23)16-25-33-27(20-6-4-2-3-5-7-20)24(17-26(36)37)28(30)34-25/h8-15,20H,2-7,16-17H2,1H3,(H,31,35)(H,32,38)(H,36,37). The van der Waals surface area contributed by atoms with Crippen LogP contribution < -0.4 is 10.6 Å². The van der Waals surface area contributed by atoms with Crippen LogP contribution in [0.3, 0.4) is 0 Å². The Kier molecular flexibility index (Phi) is 9.07. The molecule has 0 unspecified atom stereocenters. The molecule has 1 aliphatic rings. The monoisotopic (exact) mass is 534 g/mol. The van der Waals surface area contributed by atoms with Crippen LogP contribution in [0.15, 0.2) is 48.5 Å². The van der Waals surface area contributed by atoms with Crippen molar-refractivity contribution in [1.29, 1.82) is 0 Å². The summed E-state index contributed by atoms with van der Waals surface area (Å²) >= 11 is 6.50. The number of benzene rings is 2. The van der Waals surface area contributed by atoms with Crippen LogP contribution in [0.4, 0.5) is 11.4 Å². The van der Waals surface area contributed by atoms with Gasteiger partial charge in [-0.15, -0.1) is 0 Å². The molecule has 0 spiro atoms. The molecule has 1 aromatic heterocycles. The second kappa shape index (κ2) is 12.6. The third-order valence-electron chi connectivity index (χ3n) is 6.65. The summed E-state index contributed by atoms with van der Waals surface area (Å²) < 4.78 is 0. The zero-order chi connectivity index (χ0) is 27.1. The van der Waals surface area contributed by atoms with Gasteiger partial charge in [-0.3, -0.25) is 14.4 Å². The fourth-order valence-corrected chi connectivity index (χ4v) is 5.06. The van der Waals surface area contributed by atoms with Gasteiger partial charge in [-0.25, -0.2) is 9.97 Å². The molecule has 2 amide bonds. The van der Waals surface area contributed by atoms with Gasteiger partial charge in [0.25, 0.3) is 5.91 Å². The van der Waals surface area contributed by atoms with E-state index in [4.69, 9.17) is 16.6 Å². The summed E-state index contributed by atoms with van der Waals surface area (Å²) in [6.45, 7) is 1.43. The van der Waals surface area contributed by atoms with Crippen molar-refractivity contribution >= 4 is 40.8 Å². The van der Waals surface area contributed by atoms with Crippen LogP contribution in [0.25, 0.3) is 0 Å². The summed E-state index contributed by atoms with van der Waals surface area (Å²) in [6.07, 6.45) is 6.76. The largest absolute Gasteiger partial charge is 0.481 e. The molecule has 198 valence electrons. The lowest BCUT2D eigenvalue weighted by Gasteiger charge is -2.19. The fraction of sp³-hybridized carbons (Fsp3) is 0.345. The highest BCUT2D eigenvalue weighted by molar-refractivity contribution is 6.30. The maximum atomic E-state index is 12.6. The number of hydrogen-bond acceptors (Lipinski definition) is 5. The lowest BCUT2D eigenvalue weighted by molar-refractivity contribution is -0.136. The van der Waals surface area contributed by atoms with Crippen LogP contribution in [0.2, 0.25) is 5.15 Å². The number of hydrogen-bond donors (Lipinski definition) is 3. The van der Waals surface area contributed by atoms with E-state index in [9.17, 15) is 19.5 Å². The van der Waals surface area contributed by atoms with E-state index in [-0.39, 0.29) is 29.3 Å². The van der Waals surface area contributed by atoms with Crippen molar-refractivity contribution in [2.75, 3.05) is 10.6 Å². The lowest BCUT2D eigenvalue weighted by atomic mass is 9.92. The molecule has 0 atom stereocenters. The van der Waals surface area contributed by atoms with E-state index >= 15 is 0 Å². The van der Waals surface area contributed by atoms with Gasteiger partial charge in [-0.1, -0.05) is 49.4 Å². The van der Waals surface area contributed by atoms with Gasteiger partial charge in [-0.05, 0) is 54.8 Å². The van der Waals surface area contributed by atoms with E-state index in [0.29, 0.717) is 34.7 Å². The molecule has 3 N–H and O–H groups in total. The first kappa shape index (κ1) is 27.3. The van der Waals surface area contributed by atoms with E-state index in [1.54, 1.807) is 24.3 Å². The predicted molar refractivity (Wildman–Crippen MR) is 147 cm³/mol. The number of rotatable bonds is 8. The van der Waals surface area contributed by atoms with Gasteiger partial charge < -0.3 is 15.7 Å². The maximum Gasteiger partial charge on any atom is 0.308 e. The number of carbonyl (C=O) groups is 3. The van der Waals surface area contributed by atoms with Crippen molar-refractivity contribution in [2.24, 2.45) is 0 Å². The van der Waals surface area contributed by atoms with Gasteiger partial charge in [0, 0.05) is 41.8 Å². The molecular weight excluding hydrogens is 504 g/mol. The van der Waals surface area contributed by atoms with E-state index in [1.165, 1.54) is 19.8 Å². The molecule has 0 bridgehead atoms. The number of carboxylic acids is 1. The number of amides is 2. The van der Waals surface area contributed by atoms with Gasteiger partial charge in [0.05, 0.1) is 12.1 Å². The first-order valence-corrected chi connectivity index (χ1v) is 13.2. The summed E-state index contributed by atoms with van der Waals surface area (Å²) in [7, 11) is 0. The highest BCUT2D eigenvalue weighted by Crippen LogP contribution is 2.34. The highest BCUT2D eigenvalue weighted by atomic mass is 35.5. The minimum absolute atomic E-state index is 0.174. The van der Waals surface area contributed by atoms with Crippen LogP contribution in [-0.4, -0.2) is 32.9 Å². The number of nitrogens with one attached hydrogen (secondary N) is 2. The zero-order valence-corrected chi connectivity index (χ0v) is 22.1. The Morgan fingerprint density at radius 2 is 1.50 bits per heavy atom. The Hall–Kier alpha value is -3.78. The third-order valence-corrected chi connectivity index (χ3v) is 6.96. The number of nitrogens with zero attached hydrogens (tertiary/aromatic N) is 2. The molecule has 2 aromatic carbocycles. The lowest BCUT2D eigenvalue weighted by Crippen LogP contribution is -2.14. The number of carboxylic acid groups (broad SMARTS) is 1. The molecule has 0 aliphatic heterocycles.